The maximum atomic E-state index is 12.0. The average Bonchev–Trinajstić information content (AvgIpc) is 2.87. The van der Waals surface area contributed by atoms with E-state index >= 15 is 0 Å². The monoisotopic (exact) mass is 280 g/mol. The van der Waals surface area contributed by atoms with Gasteiger partial charge in [-0.1, -0.05) is 12.1 Å². The van der Waals surface area contributed by atoms with Gasteiger partial charge in [0.2, 0.25) is 0 Å². The van der Waals surface area contributed by atoms with Gasteiger partial charge in [-0.15, -0.1) is 0 Å². The lowest BCUT2D eigenvalue weighted by atomic mass is 10.2. The van der Waals surface area contributed by atoms with Gasteiger partial charge in [-0.05, 0) is 17.7 Å². The molecule has 0 amide bonds. The molecule has 0 bridgehead atoms. The van der Waals surface area contributed by atoms with Crippen LogP contribution < -0.4 is 10.3 Å². The van der Waals surface area contributed by atoms with Crippen LogP contribution in [0.2, 0.25) is 0 Å². The van der Waals surface area contributed by atoms with Crippen LogP contribution in [-0.2, 0) is 6.54 Å². The fraction of sp³-hybridized carbons (Fsp3) is 0.133. The van der Waals surface area contributed by atoms with Gasteiger partial charge in [-0.25, -0.2) is 4.98 Å². The van der Waals surface area contributed by atoms with E-state index in [0.29, 0.717) is 23.1 Å². The van der Waals surface area contributed by atoms with Crippen LogP contribution in [-0.4, -0.2) is 21.6 Å². The summed E-state index contributed by atoms with van der Waals surface area (Å²) in [6.07, 6.45) is 2.96. The summed E-state index contributed by atoms with van der Waals surface area (Å²) in [7, 11) is 1.61. The highest BCUT2D eigenvalue weighted by molar-refractivity contribution is 5.81. The van der Waals surface area contributed by atoms with E-state index < -0.39 is 0 Å². The predicted octanol–water partition coefficient (Wildman–Crippen LogP) is 1.65. The second kappa shape index (κ2) is 5.13. The first kappa shape index (κ1) is 12.9. The molecule has 2 heterocycles. The molecule has 0 aliphatic rings. The molecule has 0 spiro atoms. The Morgan fingerprint density at radius 3 is 2.81 bits per heavy atom. The number of aromatic amines is 1. The van der Waals surface area contributed by atoms with Gasteiger partial charge in [0.25, 0.3) is 5.56 Å². The molecule has 0 aliphatic heterocycles. The first-order valence-electron chi connectivity index (χ1n) is 6.32. The number of ether oxygens (including phenoxy) is 1. The smallest absolute Gasteiger partial charge is 0.275 e. The van der Waals surface area contributed by atoms with Crippen molar-refractivity contribution in [3.63, 3.8) is 0 Å². The lowest BCUT2D eigenvalue weighted by Crippen LogP contribution is -2.11. The Labute approximate surface area is 120 Å². The number of aromatic nitrogens is 3. The van der Waals surface area contributed by atoms with Gasteiger partial charge >= 0.3 is 0 Å². The number of hydrogen-bond donors (Lipinski definition) is 1. The van der Waals surface area contributed by atoms with E-state index in [0.717, 1.165) is 11.3 Å². The van der Waals surface area contributed by atoms with Gasteiger partial charge in [0, 0.05) is 12.7 Å². The van der Waals surface area contributed by atoms with Crippen LogP contribution >= 0.6 is 0 Å². The van der Waals surface area contributed by atoms with Crippen LogP contribution in [0.15, 0.2) is 41.6 Å². The maximum absolute atomic E-state index is 12.0. The maximum Gasteiger partial charge on any atom is 0.275 e. The molecule has 0 saturated heterocycles. The van der Waals surface area contributed by atoms with Gasteiger partial charge in [0.15, 0.2) is 0 Å². The van der Waals surface area contributed by atoms with E-state index in [1.807, 2.05) is 24.3 Å². The van der Waals surface area contributed by atoms with Gasteiger partial charge in [-0.3, -0.25) is 4.79 Å². The van der Waals surface area contributed by atoms with Crippen molar-refractivity contribution in [2.45, 2.75) is 6.54 Å². The summed E-state index contributed by atoms with van der Waals surface area (Å²) in [6.45, 7) is 0.483. The second-order valence-electron chi connectivity index (χ2n) is 4.56. The minimum atomic E-state index is -0.255. The number of fused-ring (bicyclic) bond motifs is 1. The summed E-state index contributed by atoms with van der Waals surface area (Å²) in [5.41, 5.74) is 1.97. The Balaban J connectivity index is 2.08. The molecule has 0 fully saturated rings. The Morgan fingerprint density at radius 2 is 2.14 bits per heavy atom. The Bertz CT molecular complexity index is 885. The zero-order chi connectivity index (χ0) is 14.8. The average molecular weight is 280 g/mol. The van der Waals surface area contributed by atoms with Crippen molar-refractivity contribution in [2.24, 2.45) is 0 Å². The SMILES string of the molecule is COc1ccc(Cn2cc(C#N)c3nc[nH]c(=O)c32)cc1. The summed E-state index contributed by atoms with van der Waals surface area (Å²) in [5, 5.41) is 9.14. The van der Waals surface area contributed by atoms with E-state index in [1.54, 1.807) is 17.9 Å². The molecule has 6 heteroatoms. The predicted molar refractivity (Wildman–Crippen MR) is 77.2 cm³/mol. The van der Waals surface area contributed by atoms with Crippen molar-refractivity contribution >= 4 is 11.0 Å². The van der Waals surface area contributed by atoms with Gasteiger partial charge in [0.05, 0.1) is 19.0 Å². The van der Waals surface area contributed by atoms with Crippen LogP contribution in [0.25, 0.3) is 11.0 Å². The third-order valence-corrected chi connectivity index (χ3v) is 3.29. The lowest BCUT2D eigenvalue weighted by Gasteiger charge is -2.06. The van der Waals surface area contributed by atoms with Crippen LogP contribution in [0, 0.1) is 11.3 Å². The summed E-state index contributed by atoms with van der Waals surface area (Å²) in [5.74, 6) is 0.772. The molecule has 0 radical (unpaired) electrons. The zero-order valence-corrected chi connectivity index (χ0v) is 11.3. The van der Waals surface area contributed by atoms with E-state index in [4.69, 9.17) is 10.00 Å². The van der Waals surface area contributed by atoms with Gasteiger partial charge in [0.1, 0.15) is 22.9 Å². The molecule has 3 aromatic rings. The molecular formula is C15H12N4O2. The number of nitriles is 1. The van der Waals surface area contributed by atoms with Crippen LogP contribution in [0.1, 0.15) is 11.1 Å². The van der Waals surface area contributed by atoms with Gasteiger partial charge in [-0.2, -0.15) is 5.26 Å². The van der Waals surface area contributed by atoms with Crippen LogP contribution in [0.5, 0.6) is 5.75 Å². The summed E-state index contributed by atoms with van der Waals surface area (Å²) < 4.78 is 6.85. The number of rotatable bonds is 3. The van der Waals surface area contributed by atoms with Crippen molar-refractivity contribution in [2.75, 3.05) is 7.11 Å². The normalized spacial score (nSPS) is 10.5. The molecule has 3 rings (SSSR count). The molecule has 1 aromatic carbocycles. The highest BCUT2D eigenvalue weighted by Gasteiger charge is 2.12. The fourth-order valence-electron chi connectivity index (χ4n) is 2.27. The van der Waals surface area contributed by atoms with Crippen molar-refractivity contribution in [3.05, 3.63) is 58.3 Å². The lowest BCUT2D eigenvalue weighted by molar-refractivity contribution is 0.414. The number of nitrogens with zero attached hydrogens (tertiary/aromatic N) is 3. The Hall–Kier alpha value is -3.07. The fourth-order valence-corrected chi connectivity index (χ4v) is 2.27. The zero-order valence-electron chi connectivity index (χ0n) is 11.3. The van der Waals surface area contributed by atoms with Crippen LogP contribution in [0.3, 0.4) is 0 Å². The molecule has 0 aliphatic carbocycles. The first-order chi connectivity index (χ1) is 10.2. The number of hydrogen-bond acceptors (Lipinski definition) is 4. The molecule has 0 saturated carbocycles. The number of nitrogens with one attached hydrogen (secondary N) is 1. The summed E-state index contributed by atoms with van der Waals surface area (Å²) in [6, 6.07) is 9.61. The van der Waals surface area contributed by atoms with E-state index in [2.05, 4.69) is 16.0 Å². The molecule has 104 valence electrons. The molecule has 21 heavy (non-hydrogen) atoms. The number of benzene rings is 1. The van der Waals surface area contributed by atoms with E-state index in [-0.39, 0.29) is 5.56 Å². The molecule has 2 aromatic heterocycles. The summed E-state index contributed by atoms with van der Waals surface area (Å²) >= 11 is 0. The van der Waals surface area contributed by atoms with E-state index in [9.17, 15) is 4.79 Å². The highest BCUT2D eigenvalue weighted by atomic mass is 16.5. The molecule has 1 N–H and O–H groups in total. The topological polar surface area (TPSA) is 83.7 Å². The molecule has 6 nitrogen and oxygen atoms in total. The minimum Gasteiger partial charge on any atom is -0.497 e. The minimum absolute atomic E-state index is 0.255. The number of H-pyrrole nitrogens is 1. The van der Waals surface area contributed by atoms with Crippen molar-refractivity contribution in [3.8, 4) is 11.8 Å². The van der Waals surface area contributed by atoms with Gasteiger partial charge < -0.3 is 14.3 Å². The number of methoxy groups -OCH3 is 1. The second-order valence-corrected chi connectivity index (χ2v) is 4.56. The Morgan fingerprint density at radius 1 is 1.38 bits per heavy atom. The van der Waals surface area contributed by atoms with Crippen molar-refractivity contribution < 1.29 is 4.74 Å². The highest BCUT2D eigenvalue weighted by Crippen LogP contribution is 2.18. The third kappa shape index (κ3) is 2.25. The Kier molecular flexibility index (Phi) is 3.16. The first-order valence-corrected chi connectivity index (χ1v) is 6.32. The molecule has 0 unspecified atom stereocenters. The molecular weight excluding hydrogens is 268 g/mol. The van der Waals surface area contributed by atoms with E-state index in [1.165, 1.54) is 6.33 Å². The standard InChI is InChI=1S/C15H12N4O2/c1-21-12-4-2-10(3-5-12)7-19-8-11(6-16)13-14(19)15(20)18-9-17-13/h2-5,8-9H,7H2,1H3,(H,17,18,20). The largest absolute Gasteiger partial charge is 0.497 e. The third-order valence-electron chi connectivity index (χ3n) is 3.29. The summed E-state index contributed by atoms with van der Waals surface area (Å²) in [4.78, 5) is 18.6. The van der Waals surface area contributed by atoms with Crippen molar-refractivity contribution in [1.82, 2.24) is 14.5 Å². The van der Waals surface area contributed by atoms with Crippen molar-refractivity contribution in [1.29, 1.82) is 5.26 Å². The molecule has 0 atom stereocenters. The quantitative estimate of drug-likeness (QED) is 0.790. The van der Waals surface area contributed by atoms with Crippen LogP contribution in [0.4, 0.5) is 0 Å².